The summed E-state index contributed by atoms with van der Waals surface area (Å²) >= 11 is 0. The van der Waals surface area contributed by atoms with Gasteiger partial charge >= 0.3 is 12.1 Å². The summed E-state index contributed by atoms with van der Waals surface area (Å²) in [6.07, 6.45) is -0.866. The van der Waals surface area contributed by atoms with E-state index < -0.39 is 23.5 Å². The number of esters is 1. The first-order valence-electron chi connectivity index (χ1n) is 10.6. The number of alkyl halides is 3. The van der Waals surface area contributed by atoms with Crippen LogP contribution in [0.5, 0.6) is 5.75 Å². The van der Waals surface area contributed by atoms with Crippen LogP contribution in [0.25, 0.3) is 0 Å². The second kappa shape index (κ2) is 9.82. The molecule has 1 fully saturated rings. The van der Waals surface area contributed by atoms with Gasteiger partial charge < -0.3 is 4.74 Å². The highest BCUT2D eigenvalue weighted by molar-refractivity contribution is 6.59. The topological polar surface area (TPSA) is 26.3 Å². The monoisotopic (exact) mass is 433 g/mol. The molecule has 0 amide bonds. The highest BCUT2D eigenvalue weighted by atomic mass is 28.3. The first kappa shape index (κ1) is 22.6. The summed E-state index contributed by atoms with van der Waals surface area (Å²) in [5.74, 6) is 0.0351. The normalized spacial score (nSPS) is 16.1. The Morgan fingerprint density at radius 2 is 1.70 bits per heavy atom. The molecule has 0 unspecified atom stereocenters. The van der Waals surface area contributed by atoms with Gasteiger partial charge in [0.25, 0.3) is 0 Å². The fourth-order valence-electron chi connectivity index (χ4n) is 3.94. The van der Waals surface area contributed by atoms with Crippen molar-refractivity contribution >= 4 is 14.8 Å². The van der Waals surface area contributed by atoms with Crippen molar-refractivity contribution in [2.24, 2.45) is 5.92 Å². The minimum absolute atomic E-state index is 0.220. The molecule has 1 aliphatic rings. The van der Waals surface area contributed by atoms with Gasteiger partial charge in [-0.2, -0.15) is 13.2 Å². The Morgan fingerprint density at radius 3 is 2.30 bits per heavy atom. The van der Waals surface area contributed by atoms with Gasteiger partial charge in [0.2, 0.25) is 0 Å². The molecule has 1 radical (unpaired) electrons. The molecule has 3 rings (SSSR count). The number of benzene rings is 2. The molecule has 0 spiro atoms. The largest absolute Gasteiger partial charge is 0.422 e. The Labute approximate surface area is 178 Å². The van der Waals surface area contributed by atoms with Gasteiger partial charge in [-0.1, -0.05) is 62.7 Å². The third-order valence-electron chi connectivity index (χ3n) is 5.78. The van der Waals surface area contributed by atoms with Crippen LogP contribution < -0.4 is 4.74 Å². The molecule has 0 atom stereocenters. The number of carbonyl (C=O) groups is 1. The van der Waals surface area contributed by atoms with Gasteiger partial charge in [0.15, 0.2) is 0 Å². The van der Waals surface area contributed by atoms with Crippen LogP contribution in [0.2, 0.25) is 18.1 Å². The van der Waals surface area contributed by atoms with Gasteiger partial charge in [0.05, 0.1) is 11.1 Å². The van der Waals surface area contributed by atoms with Crippen molar-refractivity contribution < 1.29 is 22.7 Å². The van der Waals surface area contributed by atoms with Gasteiger partial charge in [-0.25, -0.2) is 4.79 Å². The number of ether oxygens (including phenoxy) is 1. The fourth-order valence-corrected chi connectivity index (χ4v) is 7.19. The predicted molar refractivity (Wildman–Crippen MR) is 114 cm³/mol. The molecule has 1 heterocycles. The molecule has 0 saturated carbocycles. The van der Waals surface area contributed by atoms with Crippen LogP contribution >= 0.6 is 0 Å². The Hall–Kier alpha value is -2.08. The first-order valence-corrected chi connectivity index (χ1v) is 12.7. The zero-order valence-corrected chi connectivity index (χ0v) is 18.5. The second-order valence-electron chi connectivity index (χ2n) is 8.46. The zero-order valence-electron chi connectivity index (χ0n) is 17.5. The zero-order chi connectivity index (χ0) is 21.7. The van der Waals surface area contributed by atoms with Crippen molar-refractivity contribution in [2.75, 3.05) is 0 Å². The number of hydrogen-bond donors (Lipinski definition) is 0. The molecular formula is C24H28F3O2Si. The molecule has 2 nitrogen and oxygen atoms in total. The van der Waals surface area contributed by atoms with E-state index in [1.54, 1.807) is 12.1 Å². The van der Waals surface area contributed by atoms with Crippen LogP contribution in [0, 0.1) is 5.92 Å². The molecule has 1 aliphatic heterocycles. The summed E-state index contributed by atoms with van der Waals surface area (Å²) in [4.78, 5) is 12.4. The maximum absolute atomic E-state index is 13.1. The molecule has 0 aliphatic carbocycles. The third kappa shape index (κ3) is 5.97. The van der Waals surface area contributed by atoms with Crippen molar-refractivity contribution in [3.05, 3.63) is 65.2 Å². The van der Waals surface area contributed by atoms with Crippen LogP contribution in [0.15, 0.2) is 48.5 Å². The molecular weight excluding hydrogens is 405 g/mol. The lowest BCUT2D eigenvalue weighted by molar-refractivity contribution is -0.138. The average Bonchev–Trinajstić information content (AvgIpc) is 2.72. The molecule has 30 heavy (non-hydrogen) atoms. The number of hydrogen-bond acceptors (Lipinski definition) is 2. The molecule has 161 valence electrons. The molecule has 1 saturated heterocycles. The SMILES string of the molecule is CC(C)CC[Si]1CCC(c2ccc(C(=O)Oc3ccccc3C(F)(F)F)cc2)CC1. The Balaban J connectivity index is 1.60. The van der Waals surface area contributed by atoms with Gasteiger partial charge in [-0.05, 0) is 54.5 Å². The molecule has 0 aromatic heterocycles. The molecule has 0 N–H and O–H groups in total. The van der Waals surface area contributed by atoms with Crippen molar-refractivity contribution in [3.63, 3.8) is 0 Å². The summed E-state index contributed by atoms with van der Waals surface area (Å²) in [6, 6.07) is 16.0. The van der Waals surface area contributed by atoms with Crippen molar-refractivity contribution in [1.29, 1.82) is 0 Å². The van der Waals surface area contributed by atoms with Gasteiger partial charge in [0, 0.05) is 8.80 Å². The first-order chi connectivity index (χ1) is 14.2. The van der Waals surface area contributed by atoms with Crippen LogP contribution in [0.4, 0.5) is 13.2 Å². The lowest BCUT2D eigenvalue weighted by Gasteiger charge is -2.28. The van der Waals surface area contributed by atoms with E-state index >= 15 is 0 Å². The smallest absolute Gasteiger partial charge is 0.419 e. The number of halogens is 3. The summed E-state index contributed by atoms with van der Waals surface area (Å²) in [5.41, 5.74) is 0.507. The van der Waals surface area contributed by atoms with E-state index in [-0.39, 0.29) is 14.4 Å². The second-order valence-corrected chi connectivity index (χ2v) is 11.5. The Bertz CT molecular complexity index is 838. The van der Waals surface area contributed by atoms with Crippen molar-refractivity contribution in [3.8, 4) is 5.75 Å². The highest BCUT2D eigenvalue weighted by Crippen LogP contribution is 2.37. The van der Waals surface area contributed by atoms with E-state index in [1.807, 2.05) is 12.1 Å². The Morgan fingerprint density at radius 1 is 1.07 bits per heavy atom. The van der Waals surface area contributed by atoms with Crippen LogP contribution in [-0.4, -0.2) is 14.8 Å². The minimum atomic E-state index is -4.57. The summed E-state index contributed by atoms with van der Waals surface area (Å²) in [5, 5.41) is 0. The van der Waals surface area contributed by atoms with Crippen LogP contribution in [0.1, 0.15) is 60.5 Å². The van der Waals surface area contributed by atoms with Gasteiger partial charge in [0.1, 0.15) is 5.75 Å². The predicted octanol–water partition coefficient (Wildman–Crippen LogP) is 7.34. The lowest BCUT2D eigenvalue weighted by atomic mass is 9.93. The molecule has 6 heteroatoms. The van der Waals surface area contributed by atoms with Crippen LogP contribution in [0.3, 0.4) is 0 Å². The van der Waals surface area contributed by atoms with E-state index in [9.17, 15) is 18.0 Å². The minimum Gasteiger partial charge on any atom is -0.422 e. The fraction of sp³-hybridized carbons (Fsp3) is 0.458. The summed E-state index contributed by atoms with van der Waals surface area (Å²) in [6.45, 7) is 4.56. The van der Waals surface area contributed by atoms with E-state index in [0.29, 0.717) is 5.92 Å². The lowest BCUT2D eigenvalue weighted by Crippen LogP contribution is -2.21. The number of carbonyl (C=O) groups excluding carboxylic acids is 1. The van der Waals surface area contributed by atoms with Crippen molar-refractivity contribution in [1.82, 2.24) is 0 Å². The Kier molecular flexibility index (Phi) is 7.39. The molecule has 2 aromatic rings. The van der Waals surface area contributed by atoms with E-state index in [0.717, 1.165) is 18.1 Å². The maximum Gasteiger partial charge on any atom is 0.419 e. The number of para-hydroxylation sites is 1. The standard InChI is InChI=1S/C24H28F3O2Si/c1-17(2)11-14-30-15-12-19(13-16-30)18-7-9-20(10-8-18)23(28)29-22-6-4-3-5-21(22)24(25,26)27/h3-10,17,19H,11-16H2,1-2H3. The third-order valence-corrected chi connectivity index (χ3v) is 8.77. The molecule has 0 bridgehead atoms. The van der Waals surface area contributed by atoms with Crippen molar-refractivity contribution in [2.45, 2.75) is 63.3 Å². The number of rotatable bonds is 6. The van der Waals surface area contributed by atoms with E-state index in [2.05, 4.69) is 13.8 Å². The summed E-state index contributed by atoms with van der Waals surface area (Å²) < 4.78 is 44.3. The molecule has 2 aromatic carbocycles. The highest BCUT2D eigenvalue weighted by Gasteiger charge is 2.34. The van der Waals surface area contributed by atoms with E-state index in [1.165, 1.54) is 55.1 Å². The maximum atomic E-state index is 13.1. The quantitative estimate of drug-likeness (QED) is 0.271. The van der Waals surface area contributed by atoms with Gasteiger partial charge in [-0.3, -0.25) is 0 Å². The van der Waals surface area contributed by atoms with Gasteiger partial charge in [-0.15, -0.1) is 0 Å². The summed E-state index contributed by atoms with van der Waals surface area (Å²) in [7, 11) is -0.220. The van der Waals surface area contributed by atoms with Crippen LogP contribution in [-0.2, 0) is 6.18 Å². The average molecular weight is 434 g/mol. The van der Waals surface area contributed by atoms with E-state index in [4.69, 9.17) is 4.74 Å².